The fraction of sp³-hybridized carbons (Fsp3) is 1.00. The average Bonchev–Trinajstić information content (AvgIpc) is 2.45. The van der Waals surface area contributed by atoms with Gasteiger partial charge in [-0.15, -0.1) is 0 Å². The molecular weight excluding hydrogens is 156 g/mol. The predicted octanol–water partition coefficient (Wildman–Crippen LogP) is 4.64. The van der Waals surface area contributed by atoms with Crippen LogP contribution in [0.2, 0.25) is 0 Å². The summed E-state index contributed by atoms with van der Waals surface area (Å²) in [6.45, 7) is 9.64. The zero-order valence-corrected chi connectivity index (χ0v) is 9.90. The van der Waals surface area contributed by atoms with Gasteiger partial charge in [0.05, 0.1) is 0 Å². The minimum absolute atomic E-state index is 0.704. The molecule has 0 aromatic rings. The third-order valence-electron chi connectivity index (χ3n) is 4.41. The predicted molar refractivity (Wildman–Crippen MR) is 59.8 cm³/mol. The Morgan fingerprint density at radius 1 is 1.38 bits per heavy atom. The molecule has 0 spiro atoms. The average molecular weight is 182 g/mol. The molecule has 0 N–H and O–H groups in total. The molecule has 0 bridgehead atoms. The molecule has 0 amide bonds. The Hall–Kier alpha value is 0. The second kappa shape index (κ2) is 4.48. The molecule has 1 aliphatic carbocycles. The topological polar surface area (TPSA) is 0 Å². The molecule has 0 heterocycles. The van der Waals surface area contributed by atoms with Gasteiger partial charge in [-0.05, 0) is 30.1 Å². The summed E-state index contributed by atoms with van der Waals surface area (Å²) in [5, 5.41) is 0. The summed E-state index contributed by atoms with van der Waals surface area (Å²) in [4.78, 5) is 0. The van der Waals surface area contributed by atoms with Crippen molar-refractivity contribution in [1.29, 1.82) is 0 Å². The van der Waals surface area contributed by atoms with Crippen LogP contribution in [0.4, 0.5) is 0 Å². The van der Waals surface area contributed by atoms with Crippen LogP contribution in [-0.2, 0) is 0 Å². The highest BCUT2D eigenvalue weighted by molar-refractivity contribution is 4.91. The Bertz CT molecular complexity index is 148. The summed E-state index contributed by atoms with van der Waals surface area (Å²) < 4.78 is 0. The Kier molecular flexibility index (Phi) is 3.82. The van der Waals surface area contributed by atoms with Gasteiger partial charge in [0, 0.05) is 0 Å². The Balaban J connectivity index is 2.63. The Labute approximate surface area is 84.1 Å². The lowest BCUT2D eigenvalue weighted by Crippen LogP contribution is -2.29. The van der Waals surface area contributed by atoms with Crippen molar-refractivity contribution in [2.24, 2.45) is 17.3 Å². The van der Waals surface area contributed by atoms with E-state index in [0.717, 1.165) is 11.8 Å². The van der Waals surface area contributed by atoms with Crippen LogP contribution < -0.4 is 0 Å². The number of hydrogen-bond acceptors (Lipinski definition) is 0. The summed E-state index contributed by atoms with van der Waals surface area (Å²) in [6, 6.07) is 0. The highest BCUT2D eigenvalue weighted by Gasteiger charge is 2.41. The fourth-order valence-corrected chi connectivity index (χ4v) is 3.29. The van der Waals surface area contributed by atoms with Crippen molar-refractivity contribution in [2.75, 3.05) is 0 Å². The van der Waals surface area contributed by atoms with E-state index in [4.69, 9.17) is 0 Å². The largest absolute Gasteiger partial charge is 0.0654 e. The summed E-state index contributed by atoms with van der Waals surface area (Å²) >= 11 is 0. The lowest BCUT2D eigenvalue weighted by Gasteiger charge is -2.38. The molecule has 1 aliphatic rings. The van der Waals surface area contributed by atoms with E-state index in [1.807, 2.05) is 0 Å². The van der Waals surface area contributed by atoms with E-state index in [0.29, 0.717) is 5.41 Å². The monoisotopic (exact) mass is 182 g/mol. The molecule has 1 fully saturated rings. The van der Waals surface area contributed by atoms with E-state index in [1.54, 1.807) is 0 Å². The van der Waals surface area contributed by atoms with Crippen LogP contribution in [0, 0.1) is 17.3 Å². The molecule has 0 aromatic carbocycles. The first-order valence-electron chi connectivity index (χ1n) is 6.13. The first-order chi connectivity index (χ1) is 6.13. The molecule has 2 unspecified atom stereocenters. The smallest absolute Gasteiger partial charge is 0.0249 e. The van der Waals surface area contributed by atoms with E-state index in [-0.39, 0.29) is 0 Å². The lowest BCUT2D eigenvalue weighted by atomic mass is 9.67. The summed E-state index contributed by atoms with van der Waals surface area (Å²) in [6.07, 6.45) is 8.71. The molecular formula is C13H26. The second-order valence-electron chi connectivity index (χ2n) is 5.28. The maximum atomic E-state index is 2.47. The van der Waals surface area contributed by atoms with Gasteiger partial charge >= 0.3 is 0 Å². The third kappa shape index (κ3) is 2.08. The maximum absolute atomic E-state index is 2.47. The van der Waals surface area contributed by atoms with Gasteiger partial charge in [0.15, 0.2) is 0 Å². The molecule has 0 saturated heterocycles. The normalized spacial score (nSPS) is 34.4. The zero-order chi connectivity index (χ0) is 9.90. The van der Waals surface area contributed by atoms with E-state index < -0.39 is 0 Å². The van der Waals surface area contributed by atoms with Crippen molar-refractivity contribution >= 4 is 0 Å². The first-order valence-corrected chi connectivity index (χ1v) is 6.13. The van der Waals surface area contributed by atoms with Gasteiger partial charge in [0.1, 0.15) is 0 Å². The molecule has 78 valence electrons. The molecule has 1 rings (SSSR count). The fourth-order valence-electron chi connectivity index (χ4n) is 3.29. The van der Waals surface area contributed by atoms with Gasteiger partial charge in [-0.3, -0.25) is 0 Å². The quantitative estimate of drug-likeness (QED) is 0.594. The minimum atomic E-state index is 0.704. The number of hydrogen-bond donors (Lipinski definition) is 0. The molecule has 1 saturated carbocycles. The van der Waals surface area contributed by atoms with E-state index >= 15 is 0 Å². The molecule has 2 atom stereocenters. The molecule has 0 aromatic heterocycles. The first kappa shape index (κ1) is 11.1. The van der Waals surface area contributed by atoms with E-state index in [2.05, 4.69) is 27.7 Å². The Morgan fingerprint density at radius 3 is 2.46 bits per heavy atom. The van der Waals surface area contributed by atoms with Crippen LogP contribution in [0.3, 0.4) is 0 Å². The highest BCUT2D eigenvalue weighted by Crippen LogP contribution is 2.51. The lowest BCUT2D eigenvalue weighted by molar-refractivity contribution is 0.115. The van der Waals surface area contributed by atoms with E-state index in [1.165, 1.54) is 38.5 Å². The molecule has 0 nitrogen and oxygen atoms in total. The van der Waals surface area contributed by atoms with Gasteiger partial charge < -0.3 is 0 Å². The van der Waals surface area contributed by atoms with Crippen molar-refractivity contribution in [3.8, 4) is 0 Å². The maximum Gasteiger partial charge on any atom is -0.0249 e. The van der Waals surface area contributed by atoms with Crippen LogP contribution in [0.25, 0.3) is 0 Å². The van der Waals surface area contributed by atoms with Crippen molar-refractivity contribution in [2.45, 2.75) is 66.2 Å². The number of unbranched alkanes of at least 4 members (excludes halogenated alkanes) is 1. The molecule has 0 radical (unpaired) electrons. The van der Waals surface area contributed by atoms with Crippen molar-refractivity contribution in [3.63, 3.8) is 0 Å². The van der Waals surface area contributed by atoms with Crippen molar-refractivity contribution in [1.82, 2.24) is 0 Å². The van der Waals surface area contributed by atoms with Crippen LogP contribution in [0.5, 0.6) is 0 Å². The Morgan fingerprint density at radius 2 is 2.08 bits per heavy atom. The molecule has 0 aliphatic heterocycles. The molecule has 0 heteroatoms. The van der Waals surface area contributed by atoms with Gasteiger partial charge in [0.2, 0.25) is 0 Å². The van der Waals surface area contributed by atoms with Gasteiger partial charge in [-0.1, -0.05) is 53.4 Å². The van der Waals surface area contributed by atoms with Crippen molar-refractivity contribution < 1.29 is 0 Å². The van der Waals surface area contributed by atoms with Gasteiger partial charge in [-0.25, -0.2) is 0 Å². The van der Waals surface area contributed by atoms with Gasteiger partial charge in [-0.2, -0.15) is 0 Å². The summed E-state index contributed by atoms with van der Waals surface area (Å²) in [5.41, 5.74) is 0.704. The van der Waals surface area contributed by atoms with Crippen LogP contribution >= 0.6 is 0 Å². The number of rotatable bonds is 4. The highest BCUT2D eigenvalue weighted by atomic mass is 14.5. The van der Waals surface area contributed by atoms with Crippen LogP contribution in [-0.4, -0.2) is 0 Å². The van der Waals surface area contributed by atoms with E-state index in [9.17, 15) is 0 Å². The zero-order valence-electron chi connectivity index (χ0n) is 9.90. The SMILES string of the molecule is CCCCC1(C(C)C)CCCC1C. The third-order valence-corrected chi connectivity index (χ3v) is 4.41. The summed E-state index contributed by atoms with van der Waals surface area (Å²) in [5.74, 6) is 1.86. The van der Waals surface area contributed by atoms with Crippen molar-refractivity contribution in [3.05, 3.63) is 0 Å². The minimum Gasteiger partial charge on any atom is -0.0654 e. The second-order valence-corrected chi connectivity index (χ2v) is 5.28. The summed E-state index contributed by atoms with van der Waals surface area (Å²) in [7, 11) is 0. The van der Waals surface area contributed by atoms with Crippen LogP contribution in [0.15, 0.2) is 0 Å². The standard InChI is InChI=1S/C13H26/c1-5-6-9-13(11(2)3)10-7-8-12(13)4/h11-12H,5-10H2,1-4H3. The molecule has 13 heavy (non-hydrogen) atoms. The van der Waals surface area contributed by atoms with Gasteiger partial charge in [0.25, 0.3) is 0 Å². The van der Waals surface area contributed by atoms with Crippen LogP contribution in [0.1, 0.15) is 66.2 Å².